The van der Waals surface area contributed by atoms with Crippen LogP contribution in [-0.4, -0.2) is 25.5 Å². The van der Waals surface area contributed by atoms with E-state index >= 15 is 0 Å². The highest BCUT2D eigenvalue weighted by Crippen LogP contribution is 2.47. The Kier molecular flexibility index (Phi) is 5.20. The van der Waals surface area contributed by atoms with Gasteiger partial charge < -0.3 is 9.47 Å². The molecule has 2 aromatic carbocycles. The number of ether oxygens (including phenoxy) is 2. The zero-order valence-electron chi connectivity index (χ0n) is 14.1. The molecule has 2 aromatic rings. The average molecular weight is 414 g/mol. The van der Waals surface area contributed by atoms with Crippen molar-refractivity contribution in [1.29, 1.82) is 0 Å². The number of hydrogen-bond donors (Lipinski definition) is 0. The van der Waals surface area contributed by atoms with Crippen molar-refractivity contribution in [2.45, 2.75) is 18.8 Å². The molecule has 1 aliphatic rings. The van der Waals surface area contributed by atoms with Crippen LogP contribution < -0.4 is 4.74 Å². The van der Waals surface area contributed by atoms with Crippen molar-refractivity contribution in [3.8, 4) is 5.75 Å². The number of carbonyl (C=O) groups is 2. The van der Waals surface area contributed by atoms with Gasteiger partial charge in [-0.3, -0.25) is 4.79 Å². The number of benzene rings is 2. The molecule has 26 heavy (non-hydrogen) atoms. The van der Waals surface area contributed by atoms with Crippen molar-refractivity contribution in [3.63, 3.8) is 0 Å². The van der Waals surface area contributed by atoms with E-state index < -0.39 is 11.4 Å². The lowest BCUT2D eigenvalue weighted by molar-refractivity contribution is -0.142. The van der Waals surface area contributed by atoms with Crippen molar-refractivity contribution >= 4 is 46.6 Å². The molecule has 0 saturated carbocycles. The van der Waals surface area contributed by atoms with Gasteiger partial charge in [-0.25, -0.2) is 4.79 Å². The first-order chi connectivity index (χ1) is 12.3. The monoisotopic (exact) mass is 412 g/mol. The summed E-state index contributed by atoms with van der Waals surface area (Å²) >= 11 is 18.6. The SMILES string of the molecule is COC(=O)COc1cc2c(c(Cl)c1Cl)C(=O)C(C)(c1ccc(Cl)cc1)C2. The summed E-state index contributed by atoms with van der Waals surface area (Å²) in [5.41, 5.74) is 1.18. The quantitative estimate of drug-likeness (QED) is 0.669. The van der Waals surface area contributed by atoms with Gasteiger partial charge in [0, 0.05) is 10.6 Å². The Balaban J connectivity index is 2.00. The van der Waals surface area contributed by atoms with Crippen LogP contribution in [0.4, 0.5) is 0 Å². The van der Waals surface area contributed by atoms with E-state index in [1.807, 2.05) is 19.1 Å². The van der Waals surface area contributed by atoms with E-state index in [-0.39, 0.29) is 28.2 Å². The smallest absolute Gasteiger partial charge is 0.343 e. The molecule has 0 saturated heterocycles. The van der Waals surface area contributed by atoms with Gasteiger partial charge in [0.15, 0.2) is 12.4 Å². The highest BCUT2D eigenvalue weighted by molar-refractivity contribution is 6.45. The van der Waals surface area contributed by atoms with Gasteiger partial charge in [0.2, 0.25) is 0 Å². The van der Waals surface area contributed by atoms with Gasteiger partial charge in [0.25, 0.3) is 0 Å². The van der Waals surface area contributed by atoms with E-state index in [1.54, 1.807) is 18.2 Å². The maximum atomic E-state index is 13.1. The number of esters is 1. The van der Waals surface area contributed by atoms with Crippen molar-refractivity contribution in [2.24, 2.45) is 0 Å². The standard InChI is InChI=1S/C19H15Cl3O4/c1-19(11-3-5-12(20)6-4-11)8-10-7-13(26-9-14(23)25-2)16(21)17(22)15(10)18(19)24/h3-7H,8-9H2,1-2H3. The minimum absolute atomic E-state index is 0.100. The van der Waals surface area contributed by atoms with Crippen LogP contribution in [0.1, 0.15) is 28.4 Å². The molecule has 0 N–H and O–H groups in total. The molecule has 136 valence electrons. The van der Waals surface area contributed by atoms with Crippen molar-refractivity contribution in [2.75, 3.05) is 13.7 Å². The fourth-order valence-corrected chi connectivity index (χ4v) is 3.76. The fraction of sp³-hybridized carbons (Fsp3) is 0.263. The second kappa shape index (κ2) is 7.10. The second-order valence-electron chi connectivity index (χ2n) is 6.25. The molecular formula is C19H15Cl3O4. The predicted octanol–water partition coefficient (Wildman–Crippen LogP) is 4.90. The van der Waals surface area contributed by atoms with E-state index in [2.05, 4.69) is 4.74 Å². The number of rotatable bonds is 4. The topological polar surface area (TPSA) is 52.6 Å². The molecule has 0 amide bonds. The lowest BCUT2D eigenvalue weighted by Gasteiger charge is -2.22. The van der Waals surface area contributed by atoms with Crippen molar-refractivity contribution in [3.05, 3.63) is 62.1 Å². The lowest BCUT2D eigenvalue weighted by Crippen LogP contribution is -2.29. The Bertz CT molecular complexity index is 893. The van der Waals surface area contributed by atoms with Gasteiger partial charge in [0.1, 0.15) is 10.8 Å². The summed E-state index contributed by atoms with van der Waals surface area (Å²) in [4.78, 5) is 24.4. The van der Waals surface area contributed by atoms with Crippen LogP contribution in [0.3, 0.4) is 0 Å². The molecule has 0 aliphatic heterocycles. The van der Waals surface area contributed by atoms with E-state index in [4.69, 9.17) is 39.5 Å². The van der Waals surface area contributed by atoms with Crippen LogP contribution in [-0.2, 0) is 21.4 Å². The number of Topliss-reactive ketones (excluding diaryl/α,β-unsaturated/α-hetero) is 1. The van der Waals surface area contributed by atoms with Gasteiger partial charge >= 0.3 is 5.97 Å². The molecule has 0 aromatic heterocycles. The summed E-state index contributed by atoms with van der Waals surface area (Å²) in [7, 11) is 1.26. The Morgan fingerprint density at radius 2 is 1.81 bits per heavy atom. The highest BCUT2D eigenvalue weighted by atomic mass is 35.5. The van der Waals surface area contributed by atoms with Crippen LogP contribution >= 0.6 is 34.8 Å². The number of carbonyl (C=O) groups excluding carboxylic acids is 2. The predicted molar refractivity (Wildman–Crippen MR) is 101 cm³/mol. The number of hydrogen-bond acceptors (Lipinski definition) is 4. The van der Waals surface area contributed by atoms with Crippen molar-refractivity contribution in [1.82, 2.24) is 0 Å². The van der Waals surface area contributed by atoms with Crippen LogP contribution in [0, 0.1) is 0 Å². The molecule has 0 fully saturated rings. The zero-order valence-corrected chi connectivity index (χ0v) is 16.3. The molecule has 0 radical (unpaired) electrons. The summed E-state index contributed by atoms with van der Waals surface area (Å²) in [6.45, 7) is 1.56. The third-order valence-electron chi connectivity index (χ3n) is 4.58. The zero-order chi connectivity index (χ0) is 19.1. The summed E-state index contributed by atoms with van der Waals surface area (Å²) in [5, 5.41) is 0.828. The van der Waals surface area contributed by atoms with Gasteiger partial charge in [-0.15, -0.1) is 0 Å². The van der Waals surface area contributed by atoms with E-state index in [0.29, 0.717) is 17.0 Å². The van der Waals surface area contributed by atoms with E-state index in [9.17, 15) is 9.59 Å². The molecule has 0 bridgehead atoms. The minimum Gasteiger partial charge on any atom is -0.480 e. The average Bonchev–Trinajstić information content (AvgIpc) is 2.88. The van der Waals surface area contributed by atoms with E-state index in [0.717, 1.165) is 11.1 Å². The molecule has 1 aliphatic carbocycles. The van der Waals surface area contributed by atoms with Crippen molar-refractivity contribution < 1.29 is 19.1 Å². The minimum atomic E-state index is -0.777. The summed E-state index contributed by atoms with van der Waals surface area (Å²) < 4.78 is 9.95. The largest absolute Gasteiger partial charge is 0.480 e. The third kappa shape index (κ3) is 3.18. The van der Waals surface area contributed by atoms with Crippen LogP contribution in [0.25, 0.3) is 0 Å². The number of methoxy groups -OCH3 is 1. The fourth-order valence-electron chi connectivity index (χ4n) is 3.13. The molecule has 1 unspecified atom stereocenters. The molecule has 4 nitrogen and oxygen atoms in total. The number of halogens is 3. The van der Waals surface area contributed by atoms with Crippen LogP contribution in [0.2, 0.25) is 15.1 Å². The lowest BCUT2D eigenvalue weighted by atomic mass is 9.79. The Morgan fingerprint density at radius 3 is 2.42 bits per heavy atom. The highest BCUT2D eigenvalue weighted by Gasteiger charge is 2.45. The first-order valence-corrected chi connectivity index (χ1v) is 8.92. The Hall–Kier alpha value is -1.75. The maximum absolute atomic E-state index is 13.1. The normalized spacial score (nSPS) is 18.6. The summed E-state index contributed by atoms with van der Waals surface area (Å²) in [6, 6.07) is 8.81. The third-order valence-corrected chi connectivity index (χ3v) is 5.68. The number of ketones is 1. The molecule has 1 atom stereocenters. The van der Waals surface area contributed by atoms with Crippen LogP contribution in [0.15, 0.2) is 30.3 Å². The number of fused-ring (bicyclic) bond motifs is 1. The van der Waals surface area contributed by atoms with Crippen LogP contribution in [0.5, 0.6) is 5.75 Å². The maximum Gasteiger partial charge on any atom is 0.343 e. The summed E-state index contributed by atoms with van der Waals surface area (Å²) in [5.74, 6) is -0.407. The first-order valence-electron chi connectivity index (χ1n) is 7.79. The van der Waals surface area contributed by atoms with Gasteiger partial charge in [-0.1, -0.05) is 46.9 Å². The van der Waals surface area contributed by atoms with Gasteiger partial charge in [0.05, 0.1) is 17.5 Å². The van der Waals surface area contributed by atoms with E-state index in [1.165, 1.54) is 7.11 Å². The Morgan fingerprint density at radius 1 is 1.15 bits per heavy atom. The Labute approximate surface area is 165 Å². The molecular weight excluding hydrogens is 399 g/mol. The molecule has 3 rings (SSSR count). The second-order valence-corrected chi connectivity index (χ2v) is 7.44. The molecule has 0 spiro atoms. The molecule has 0 heterocycles. The summed E-state index contributed by atoms with van der Waals surface area (Å²) in [6.07, 6.45) is 0.439. The van der Waals surface area contributed by atoms with Gasteiger partial charge in [-0.05, 0) is 42.7 Å². The van der Waals surface area contributed by atoms with Gasteiger partial charge in [-0.2, -0.15) is 0 Å². The molecule has 7 heteroatoms. The first kappa shape index (κ1) is 19.0.